The summed E-state index contributed by atoms with van der Waals surface area (Å²) >= 11 is 8.82. The number of hydrogen-bond acceptors (Lipinski definition) is 4. The molecule has 1 aromatic heterocycles. The quantitative estimate of drug-likeness (QED) is 0.598. The standard InChI is InChI=1S/C7H5NOS.C4H8ClNS/c9-7-5-3-1-2-4-6(5)10-8-7;1-6-3-2-4(5)7-6/h1-4H,(H,8,9);4H,2-3H2,1H3. The number of nitrogens with one attached hydrogen (secondary N) is 1. The third-order valence-corrected chi connectivity index (χ3v) is 4.68. The Bertz CT molecular complexity index is 531. The van der Waals surface area contributed by atoms with Crippen LogP contribution < -0.4 is 5.56 Å². The van der Waals surface area contributed by atoms with E-state index in [-0.39, 0.29) is 5.56 Å². The van der Waals surface area contributed by atoms with Gasteiger partial charge in [0.25, 0.3) is 5.56 Å². The van der Waals surface area contributed by atoms with Gasteiger partial charge in [0, 0.05) is 6.54 Å². The molecule has 1 fully saturated rings. The summed E-state index contributed by atoms with van der Waals surface area (Å²) in [5.74, 6) is 0. The van der Waals surface area contributed by atoms with Crippen LogP contribution in [0.15, 0.2) is 29.1 Å². The number of H-pyrrole nitrogens is 1. The molecule has 3 nitrogen and oxygen atoms in total. The molecular formula is C11H13ClN2OS2. The summed E-state index contributed by atoms with van der Waals surface area (Å²) in [6.45, 7) is 1.14. The van der Waals surface area contributed by atoms with E-state index in [1.54, 1.807) is 11.9 Å². The van der Waals surface area contributed by atoms with Crippen LogP contribution >= 0.6 is 35.1 Å². The van der Waals surface area contributed by atoms with Crippen molar-refractivity contribution < 1.29 is 0 Å². The van der Waals surface area contributed by atoms with Gasteiger partial charge in [-0.2, -0.15) is 0 Å². The van der Waals surface area contributed by atoms with Crippen LogP contribution in [0.1, 0.15) is 6.42 Å². The Morgan fingerprint density at radius 3 is 2.76 bits per heavy atom. The normalized spacial score (nSPS) is 20.2. The molecule has 0 saturated carbocycles. The maximum Gasteiger partial charge on any atom is 0.265 e. The Morgan fingerprint density at radius 2 is 2.24 bits per heavy atom. The van der Waals surface area contributed by atoms with Crippen molar-refractivity contribution in [3.63, 3.8) is 0 Å². The largest absolute Gasteiger partial charge is 0.277 e. The molecule has 92 valence electrons. The minimum absolute atomic E-state index is 0.0144. The first kappa shape index (κ1) is 13.0. The summed E-state index contributed by atoms with van der Waals surface area (Å²) in [4.78, 5) is 10.9. The Morgan fingerprint density at radius 1 is 1.47 bits per heavy atom. The lowest BCUT2D eigenvalue weighted by molar-refractivity contribution is 0.594. The van der Waals surface area contributed by atoms with Crippen molar-refractivity contribution in [3.05, 3.63) is 34.6 Å². The van der Waals surface area contributed by atoms with Crippen LogP contribution in [0.4, 0.5) is 0 Å². The Kier molecular flexibility index (Phi) is 4.50. The molecule has 2 aromatic rings. The maximum absolute atomic E-state index is 10.9. The number of aromatic amines is 1. The van der Waals surface area contributed by atoms with Crippen molar-refractivity contribution in [2.75, 3.05) is 13.6 Å². The van der Waals surface area contributed by atoms with Gasteiger partial charge in [0.05, 0.1) is 14.8 Å². The summed E-state index contributed by atoms with van der Waals surface area (Å²) < 4.78 is 6.19. The van der Waals surface area contributed by atoms with Crippen LogP contribution in [0.2, 0.25) is 0 Å². The lowest BCUT2D eigenvalue weighted by Crippen LogP contribution is -2.00. The number of halogens is 1. The Balaban J connectivity index is 0.000000136. The van der Waals surface area contributed by atoms with E-state index >= 15 is 0 Å². The average Bonchev–Trinajstić information content (AvgIpc) is 2.88. The van der Waals surface area contributed by atoms with Gasteiger partial charge in [-0.15, -0.1) is 11.6 Å². The Hall–Kier alpha value is -0.490. The van der Waals surface area contributed by atoms with Gasteiger partial charge in [-0.05, 0) is 25.6 Å². The first-order valence-electron chi connectivity index (χ1n) is 5.25. The van der Waals surface area contributed by atoms with E-state index in [1.165, 1.54) is 11.5 Å². The zero-order chi connectivity index (χ0) is 12.3. The van der Waals surface area contributed by atoms with Crippen molar-refractivity contribution in [1.29, 1.82) is 0 Å². The van der Waals surface area contributed by atoms with E-state index in [1.807, 2.05) is 24.3 Å². The van der Waals surface area contributed by atoms with Gasteiger partial charge in [0.2, 0.25) is 0 Å². The molecule has 0 amide bonds. The van der Waals surface area contributed by atoms with Crippen LogP contribution in [0.3, 0.4) is 0 Å². The van der Waals surface area contributed by atoms with Crippen molar-refractivity contribution in [2.24, 2.45) is 0 Å². The zero-order valence-electron chi connectivity index (χ0n) is 9.35. The number of hydrogen-bond donors (Lipinski definition) is 1. The summed E-state index contributed by atoms with van der Waals surface area (Å²) in [5, 5.41) is 0.785. The number of alkyl halides is 1. The van der Waals surface area contributed by atoms with Gasteiger partial charge in [0.15, 0.2) is 0 Å². The Labute approximate surface area is 113 Å². The number of nitrogens with zero attached hydrogens (tertiary/aromatic N) is 1. The summed E-state index contributed by atoms with van der Waals surface area (Å²) in [6.07, 6.45) is 1.13. The minimum atomic E-state index is 0.0144. The highest BCUT2D eigenvalue weighted by molar-refractivity contribution is 7.99. The third-order valence-electron chi connectivity index (χ3n) is 2.35. The van der Waals surface area contributed by atoms with E-state index in [9.17, 15) is 4.79 Å². The van der Waals surface area contributed by atoms with Crippen LogP contribution in [0.5, 0.6) is 0 Å². The highest BCUT2D eigenvalue weighted by Gasteiger charge is 2.16. The molecule has 1 saturated heterocycles. The maximum atomic E-state index is 10.9. The van der Waals surface area contributed by atoms with E-state index in [0.717, 1.165) is 23.1 Å². The van der Waals surface area contributed by atoms with E-state index in [2.05, 4.69) is 15.7 Å². The highest BCUT2D eigenvalue weighted by Crippen LogP contribution is 2.28. The number of fused-ring (bicyclic) bond motifs is 1. The van der Waals surface area contributed by atoms with Gasteiger partial charge in [-0.1, -0.05) is 35.6 Å². The van der Waals surface area contributed by atoms with Crippen molar-refractivity contribution in [3.8, 4) is 0 Å². The lowest BCUT2D eigenvalue weighted by Gasteiger charge is -2.01. The molecule has 1 atom stereocenters. The van der Waals surface area contributed by atoms with Gasteiger partial charge in [0.1, 0.15) is 0 Å². The molecule has 17 heavy (non-hydrogen) atoms. The highest BCUT2D eigenvalue weighted by atomic mass is 35.5. The second-order valence-electron chi connectivity index (χ2n) is 3.69. The summed E-state index contributed by atoms with van der Waals surface area (Å²) in [7, 11) is 2.06. The van der Waals surface area contributed by atoms with Gasteiger partial charge < -0.3 is 0 Å². The average molecular weight is 289 g/mol. The van der Waals surface area contributed by atoms with E-state index in [4.69, 9.17) is 11.6 Å². The first-order chi connectivity index (χ1) is 8.16. The molecule has 0 bridgehead atoms. The second-order valence-corrected chi connectivity index (χ2v) is 6.72. The zero-order valence-corrected chi connectivity index (χ0v) is 11.7. The monoisotopic (exact) mass is 288 g/mol. The van der Waals surface area contributed by atoms with E-state index < -0.39 is 0 Å². The second kappa shape index (κ2) is 5.91. The molecule has 2 heterocycles. The summed E-state index contributed by atoms with van der Waals surface area (Å²) in [6, 6.07) is 7.54. The van der Waals surface area contributed by atoms with Gasteiger partial charge >= 0.3 is 0 Å². The third kappa shape index (κ3) is 3.48. The molecule has 1 N–H and O–H groups in total. The predicted octanol–water partition coefficient (Wildman–Crippen LogP) is 3.12. The molecule has 1 aliphatic heterocycles. The first-order valence-corrected chi connectivity index (χ1v) is 7.34. The van der Waals surface area contributed by atoms with Crippen LogP contribution in [0, 0.1) is 0 Å². The van der Waals surface area contributed by atoms with Crippen LogP contribution in [0.25, 0.3) is 10.1 Å². The molecule has 1 unspecified atom stereocenters. The molecule has 1 aromatic carbocycles. The number of benzene rings is 1. The number of rotatable bonds is 0. The lowest BCUT2D eigenvalue weighted by atomic mass is 10.3. The SMILES string of the molecule is CN1CCC(Cl)S1.O=c1[nH]sc2ccccc12. The van der Waals surface area contributed by atoms with Crippen molar-refractivity contribution in [2.45, 2.75) is 11.1 Å². The molecular weight excluding hydrogens is 276 g/mol. The van der Waals surface area contributed by atoms with Crippen LogP contribution in [-0.2, 0) is 0 Å². The van der Waals surface area contributed by atoms with Gasteiger partial charge in [-0.25, -0.2) is 0 Å². The molecule has 1 aliphatic rings. The molecule has 0 spiro atoms. The fraction of sp³-hybridized carbons (Fsp3) is 0.364. The predicted molar refractivity (Wildman–Crippen MR) is 76.9 cm³/mol. The fourth-order valence-electron chi connectivity index (χ4n) is 1.48. The number of aromatic nitrogens is 1. The fourth-order valence-corrected chi connectivity index (χ4v) is 3.53. The van der Waals surface area contributed by atoms with Crippen molar-refractivity contribution >= 4 is 45.2 Å². The van der Waals surface area contributed by atoms with Gasteiger partial charge in [-0.3, -0.25) is 13.5 Å². The molecule has 0 radical (unpaired) electrons. The smallest absolute Gasteiger partial charge is 0.265 e. The van der Waals surface area contributed by atoms with E-state index in [0.29, 0.717) is 4.71 Å². The van der Waals surface area contributed by atoms with Crippen LogP contribution in [-0.4, -0.2) is 27.0 Å². The van der Waals surface area contributed by atoms with Crippen molar-refractivity contribution in [1.82, 2.24) is 8.68 Å². The summed E-state index contributed by atoms with van der Waals surface area (Å²) in [5.41, 5.74) is 0.0144. The topological polar surface area (TPSA) is 36.1 Å². The molecule has 6 heteroatoms. The minimum Gasteiger partial charge on any atom is -0.277 e. The molecule has 3 rings (SSSR count). The molecule has 0 aliphatic carbocycles.